The molecular weight excluding hydrogens is 212 g/mol. The Morgan fingerprint density at radius 1 is 1.38 bits per heavy atom. The lowest BCUT2D eigenvalue weighted by Gasteiger charge is -2.20. The van der Waals surface area contributed by atoms with Crippen molar-refractivity contribution < 1.29 is 19.4 Å². The standard InChI is InChI=1S/C10H20N2O4/c1-10(2,3)12-6-8(13)11-5-7(16-4)9(14)15/h7,12H,5-6H2,1-4H3,(H,11,13)(H,14,15). The molecule has 0 radical (unpaired) electrons. The number of carboxylic acid groups (broad SMARTS) is 1. The Bertz CT molecular complexity index is 248. The van der Waals surface area contributed by atoms with E-state index < -0.39 is 12.1 Å². The summed E-state index contributed by atoms with van der Waals surface area (Å²) in [5.41, 5.74) is -0.148. The van der Waals surface area contributed by atoms with Gasteiger partial charge in [-0.15, -0.1) is 0 Å². The van der Waals surface area contributed by atoms with Gasteiger partial charge in [0.15, 0.2) is 6.10 Å². The van der Waals surface area contributed by atoms with Crippen LogP contribution < -0.4 is 10.6 Å². The average Bonchev–Trinajstić information content (AvgIpc) is 2.14. The van der Waals surface area contributed by atoms with Gasteiger partial charge < -0.3 is 20.5 Å². The summed E-state index contributed by atoms with van der Waals surface area (Å²) in [5.74, 6) is -1.34. The van der Waals surface area contributed by atoms with Gasteiger partial charge in [-0.2, -0.15) is 0 Å². The van der Waals surface area contributed by atoms with Crippen LogP contribution in [0.15, 0.2) is 0 Å². The number of rotatable bonds is 6. The van der Waals surface area contributed by atoms with Crippen molar-refractivity contribution in [3.63, 3.8) is 0 Å². The van der Waals surface area contributed by atoms with E-state index in [0.29, 0.717) is 0 Å². The molecule has 0 aromatic carbocycles. The molecule has 0 aliphatic rings. The van der Waals surface area contributed by atoms with Crippen LogP contribution in [0.3, 0.4) is 0 Å². The summed E-state index contributed by atoms with van der Waals surface area (Å²) >= 11 is 0. The van der Waals surface area contributed by atoms with E-state index in [1.807, 2.05) is 20.8 Å². The molecule has 0 saturated heterocycles. The highest BCUT2D eigenvalue weighted by molar-refractivity contribution is 5.79. The Morgan fingerprint density at radius 3 is 2.31 bits per heavy atom. The number of hydrogen-bond donors (Lipinski definition) is 3. The molecule has 3 N–H and O–H groups in total. The molecule has 1 atom stereocenters. The molecule has 0 aromatic rings. The first-order chi connectivity index (χ1) is 7.26. The summed E-state index contributed by atoms with van der Waals surface area (Å²) in [5, 5.41) is 14.1. The lowest BCUT2D eigenvalue weighted by molar-refractivity contribution is -0.148. The summed E-state index contributed by atoms with van der Waals surface area (Å²) in [6, 6.07) is 0. The summed E-state index contributed by atoms with van der Waals surface area (Å²) in [7, 11) is 1.29. The molecule has 1 unspecified atom stereocenters. The van der Waals surface area contributed by atoms with E-state index in [-0.39, 0.29) is 24.5 Å². The van der Waals surface area contributed by atoms with Gasteiger partial charge in [0.2, 0.25) is 5.91 Å². The molecule has 0 rings (SSSR count). The maximum absolute atomic E-state index is 11.3. The number of hydrogen-bond acceptors (Lipinski definition) is 4. The van der Waals surface area contributed by atoms with Crippen molar-refractivity contribution >= 4 is 11.9 Å². The van der Waals surface area contributed by atoms with Crippen LogP contribution in [0, 0.1) is 0 Å². The number of ether oxygens (including phenoxy) is 1. The first-order valence-electron chi connectivity index (χ1n) is 5.03. The number of methoxy groups -OCH3 is 1. The molecule has 0 spiro atoms. The molecule has 0 saturated carbocycles. The van der Waals surface area contributed by atoms with Gasteiger partial charge in [-0.05, 0) is 20.8 Å². The minimum absolute atomic E-state index is 0.0313. The fraction of sp³-hybridized carbons (Fsp3) is 0.800. The Balaban J connectivity index is 3.85. The van der Waals surface area contributed by atoms with Crippen LogP contribution in [0.4, 0.5) is 0 Å². The zero-order chi connectivity index (χ0) is 12.8. The topological polar surface area (TPSA) is 87.7 Å². The predicted octanol–water partition coefficient (Wildman–Crippen LogP) is -0.410. The molecular formula is C10H20N2O4. The highest BCUT2D eigenvalue weighted by atomic mass is 16.5. The highest BCUT2D eigenvalue weighted by Gasteiger charge is 2.17. The second-order valence-electron chi connectivity index (χ2n) is 4.47. The van der Waals surface area contributed by atoms with Gasteiger partial charge in [-0.1, -0.05) is 0 Å². The van der Waals surface area contributed by atoms with Crippen molar-refractivity contribution in [3.8, 4) is 0 Å². The van der Waals surface area contributed by atoms with E-state index in [4.69, 9.17) is 5.11 Å². The summed E-state index contributed by atoms with van der Waals surface area (Å²) in [6.45, 7) is 5.94. The van der Waals surface area contributed by atoms with E-state index in [2.05, 4.69) is 15.4 Å². The van der Waals surface area contributed by atoms with Crippen LogP contribution in [0.1, 0.15) is 20.8 Å². The number of carboxylic acids is 1. The lowest BCUT2D eigenvalue weighted by Crippen LogP contribution is -2.45. The third-order valence-corrected chi connectivity index (χ3v) is 1.82. The molecule has 6 heteroatoms. The number of carbonyl (C=O) groups is 2. The molecule has 0 aliphatic heterocycles. The van der Waals surface area contributed by atoms with E-state index >= 15 is 0 Å². The van der Waals surface area contributed by atoms with Gasteiger partial charge in [-0.3, -0.25) is 4.79 Å². The smallest absolute Gasteiger partial charge is 0.334 e. The van der Waals surface area contributed by atoms with E-state index in [9.17, 15) is 9.59 Å². The van der Waals surface area contributed by atoms with Crippen LogP contribution in [-0.2, 0) is 14.3 Å². The van der Waals surface area contributed by atoms with Crippen LogP contribution in [0.2, 0.25) is 0 Å². The molecule has 0 heterocycles. The van der Waals surface area contributed by atoms with Crippen molar-refractivity contribution in [3.05, 3.63) is 0 Å². The minimum atomic E-state index is -1.09. The number of carbonyl (C=O) groups excluding carboxylic acids is 1. The summed E-state index contributed by atoms with van der Waals surface area (Å²) in [6.07, 6.45) is -1.00. The third kappa shape index (κ3) is 7.19. The third-order valence-electron chi connectivity index (χ3n) is 1.82. The Kier molecular flexibility index (Phi) is 5.98. The van der Waals surface area contributed by atoms with Gasteiger partial charge in [0, 0.05) is 12.6 Å². The van der Waals surface area contributed by atoms with E-state index in [1.165, 1.54) is 7.11 Å². The summed E-state index contributed by atoms with van der Waals surface area (Å²) < 4.78 is 4.67. The highest BCUT2D eigenvalue weighted by Crippen LogP contribution is 1.96. The monoisotopic (exact) mass is 232 g/mol. The Morgan fingerprint density at radius 2 is 1.94 bits per heavy atom. The normalized spacial score (nSPS) is 13.2. The van der Waals surface area contributed by atoms with Gasteiger partial charge in [0.25, 0.3) is 0 Å². The first-order valence-corrected chi connectivity index (χ1v) is 5.03. The van der Waals surface area contributed by atoms with E-state index in [0.717, 1.165) is 0 Å². The van der Waals surface area contributed by atoms with E-state index in [1.54, 1.807) is 0 Å². The zero-order valence-corrected chi connectivity index (χ0v) is 10.2. The maximum Gasteiger partial charge on any atom is 0.334 e. The molecule has 0 aliphatic carbocycles. The fourth-order valence-corrected chi connectivity index (χ4v) is 0.886. The van der Waals surface area contributed by atoms with Gasteiger partial charge >= 0.3 is 5.97 Å². The Hall–Kier alpha value is -1.14. The average molecular weight is 232 g/mol. The van der Waals surface area contributed by atoms with Gasteiger partial charge in [0.05, 0.1) is 13.1 Å². The number of aliphatic carboxylic acids is 1. The molecule has 16 heavy (non-hydrogen) atoms. The molecule has 6 nitrogen and oxygen atoms in total. The predicted molar refractivity (Wildman–Crippen MR) is 59.2 cm³/mol. The molecule has 94 valence electrons. The molecule has 0 aromatic heterocycles. The van der Waals surface area contributed by atoms with Gasteiger partial charge in [-0.25, -0.2) is 4.79 Å². The lowest BCUT2D eigenvalue weighted by atomic mass is 10.1. The minimum Gasteiger partial charge on any atom is -0.479 e. The van der Waals surface area contributed by atoms with Crippen molar-refractivity contribution in [1.82, 2.24) is 10.6 Å². The van der Waals surface area contributed by atoms with Crippen LogP contribution in [0.5, 0.6) is 0 Å². The quantitative estimate of drug-likeness (QED) is 0.579. The Labute approximate surface area is 95.4 Å². The SMILES string of the molecule is COC(CNC(=O)CNC(C)(C)C)C(=O)O. The first kappa shape index (κ1) is 14.9. The molecule has 0 bridgehead atoms. The van der Waals surface area contributed by atoms with Crippen LogP contribution >= 0.6 is 0 Å². The second kappa shape index (κ2) is 6.44. The van der Waals surface area contributed by atoms with Crippen molar-refractivity contribution in [2.24, 2.45) is 0 Å². The van der Waals surface area contributed by atoms with Crippen molar-refractivity contribution in [2.45, 2.75) is 32.4 Å². The number of nitrogens with one attached hydrogen (secondary N) is 2. The van der Waals surface area contributed by atoms with Crippen molar-refractivity contribution in [1.29, 1.82) is 0 Å². The van der Waals surface area contributed by atoms with Crippen molar-refractivity contribution in [2.75, 3.05) is 20.2 Å². The molecule has 0 fully saturated rings. The summed E-state index contributed by atoms with van der Waals surface area (Å²) in [4.78, 5) is 21.9. The van der Waals surface area contributed by atoms with Gasteiger partial charge in [0.1, 0.15) is 0 Å². The molecule has 1 amide bonds. The van der Waals surface area contributed by atoms with Crippen LogP contribution in [0.25, 0.3) is 0 Å². The second-order valence-corrected chi connectivity index (χ2v) is 4.47. The zero-order valence-electron chi connectivity index (χ0n) is 10.2. The van der Waals surface area contributed by atoms with Crippen LogP contribution in [-0.4, -0.2) is 48.8 Å². The number of amides is 1. The largest absolute Gasteiger partial charge is 0.479 e. The maximum atomic E-state index is 11.3. The fourth-order valence-electron chi connectivity index (χ4n) is 0.886.